The minimum atomic E-state index is -0.684. The molecule has 1 aliphatic rings. The van der Waals surface area contributed by atoms with E-state index < -0.39 is 5.60 Å². The van der Waals surface area contributed by atoms with Crippen LogP contribution in [-0.4, -0.2) is 28.9 Å². The molecule has 1 fully saturated rings. The summed E-state index contributed by atoms with van der Waals surface area (Å²) in [5.74, 6) is 1.32. The van der Waals surface area contributed by atoms with Gasteiger partial charge in [0.25, 0.3) is 0 Å². The largest absolute Gasteiger partial charge is 0.388 e. The molecule has 0 aliphatic heterocycles. The van der Waals surface area contributed by atoms with Crippen LogP contribution in [0.2, 0.25) is 0 Å². The van der Waals surface area contributed by atoms with Crippen molar-refractivity contribution >= 4 is 17.7 Å². The Hall–Kier alpha value is -1.00. The predicted octanol–water partition coefficient (Wildman–Crippen LogP) is 3.12. The maximum atomic E-state index is 11.9. The molecule has 0 aromatic heterocycles. The standard InChI is InChI=1S/C17H25NO2S/c19-16(13-21-12-15-8-4-3-5-9-15)18-14-17(20)10-6-1-2-7-11-17/h3-5,8-9,20H,1-2,6-7,10-14H2,(H,18,19). The van der Waals surface area contributed by atoms with E-state index in [0.29, 0.717) is 12.3 Å². The van der Waals surface area contributed by atoms with Crippen molar-refractivity contribution in [1.29, 1.82) is 0 Å². The number of rotatable bonds is 6. The second kappa shape index (κ2) is 8.44. The third kappa shape index (κ3) is 6.10. The van der Waals surface area contributed by atoms with Crippen LogP contribution in [0.15, 0.2) is 30.3 Å². The van der Waals surface area contributed by atoms with Crippen LogP contribution in [0.5, 0.6) is 0 Å². The lowest BCUT2D eigenvalue weighted by Gasteiger charge is -2.26. The summed E-state index contributed by atoms with van der Waals surface area (Å²) in [6, 6.07) is 10.2. The smallest absolute Gasteiger partial charge is 0.230 e. The Bertz CT molecular complexity index is 428. The summed E-state index contributed by atoms with van der Waals surface area (Å²) >= 11 is 1.61. The van der Waals surface area contributed by atoms with Crippen molar-refractivity contribution < 1.29 is 9.90 Å². The predicted molar refractivity (Wildman–Crippen MR) is 88.3 cm³/mol. The van der Waals surface area contributed by atoms with E-state index in [1.54, 1.807) is 11.8 Å². The van der Waals surface area contributed by atoms with Crippen LogP contribution < -0.4 is 5.32 Å². The van der Waals surface area contributed by atoms with Crippen LogP contribution in [-0.2, 0) is 10.5 Å². The van der Waals surface area contributed by atoms with Gasteiger partial charge in [0.1, 0.15) is 0 Å². The molecular formula is C17H25NO2S. The number of nitrogens with one attached hydrogen (secondary N) is 1. The van der Waals surface area contributed by atoms with Crippen LogP contribution in [0.1, 0.15) is 44.1 Å². The molecule has 1 aromatic rings. The van der Waals surface area contributed by atoms with Crippen molar-refractivity contribution in [3.63, 3.8) is 0 Å². The van der Waals surface area contributed by atoms with Gasteiger partial charge in [-0.3, -0.25) is 4.79 Å². The average Bonchev–Trinajstić information content (AvgIpc) is 2.72. The van der Waals surface area contributed by atoms with Crippen molar-refractivity contribution in [1.82, 2.24) is 5.32 Å². The van der Waals surface area contributed by atoms with Crippen molar-refractivity contribution in [3.8, 4) is 0 Å². The fourth-order valence-corrected chi connectivity index (χ4v) is 3.53. The van der Waals surface area contributed by atoms with Gasteiger partial charge in [0, 0.05) is 12.3 Å². The zero-order valence-corrected chi connectivity index (χ0v) is 13.3. The summed E-state index contributed by atoms with van der Waals surface area (Å²) in [5, 5.41) is 13.4. The molecular weight excluding hydrogens is 282 g/mol. The molecule has 0 atom stereocenters. The minimum absolute atomic E-state index is 0.0219. The van der Waals surface area contributed by atoms with Gasteiger partial charge in [-0.25, -0.2) is 0 Å². The van der Waals surface area contributed by atoms with Gasteiger partial charge in [0.15, 0.2) is 0 Å². The van der Waals surface area contributed by atoms with E-state index in [-0.39, 0.29) is 5.91 Å². The zero-order valence-electron chi connectivity index (χ0n) is 12.5. The number of carbonyl (C=O) groups is 1. The lowest BCUT2D eigenvalue weighted by Crippen LogP contribution is -2.43. The van der Waals surface area contributed by atoms with E-state index in [4.69, 9.17) is 0 Å². The van der Waals surface area contributed by atoms with Crippen LogP contribution in [0, 0.1) is 0 Å². The molecule has 1 saturated carbocycles. The maximum absolute atomic E-state index is 11.9. The summed E-state index contributed by atoms with van der Waals surface area (Å²) in [6.07, 6.45) is 6.14. The number of hydrogen-bond donors (Lipinski definition) is 2. The van der Waals surface area contributed by atoms with E-state index in [9.17, 15) is 9.90 Å². The molecule has 0 heterocycles. The Balaban J connectivity index is 1.65. The van der Waals surface area contributed by atoms with Crippen molar-refractivity contribution in [3.05, 3.63) is 35.9 Å². The average molecular weight is 307 g/mol. The third-order valence-electron chi connectivity index (χ3n) is 3.99. The first kappa shape index (κ1) is 16.4. The van der Waals surface area contributed by atoms with Crippen molar-refractivity contribution in [2.75, 3.05) is 12.3 Å². The second-order valence-corrected chi connectivity index (χ2v) is 6.88. The highest BCUT2D eigenvalue weighted by Crippen LogP contribution is 2.26. The molecule has 2 N–H and O–H groups in total. The molecule has 4 heteroatoms. The van der Waals surface area contributed by atoms with Crippen molar-refractivity contribution in [2.45, 2.75) is 49.9 Å². The molecule has 0 unspecified atom stereocenters. The minimum Gasteiger partial charge on any atom is -0.388 e. The Morgan fingerprint density at radius 3 is 2.48 bits per heavy atom. The summed E-state index contributed by atoms with van der Waals surface area (Å²) in [7, 11) is 0. The van der Waals surface area contributed by atoms with E-state index in [0.717, 1.165) is 31.4 Å². The number of hydrogen-bond acceptors (Lipinski definition) is 3. The first-order chi connectivity index (χ1) is 10.2. The first-order valence-electron chi connectivity index (χ1n) is 7.79. The summed E-state index contributed by atoms with van der Waals surface area (Å²) in [5.41, 5.74) is 0.550. The van der Waals surface area contributed by atoms with Gasteiger partial charge in [0.05, 0.1) is 11.4 Å². The number of benzene rings is 1. The SMILES string of the molecule is O=C(CSCc1ccccc1)NCC1(O)CCCCCC1. The van der Waals surface area contributed by atoms with Crippen LogP contribution in [0.25, 0.3) is 0 Å². The van der Waals surface area contributed by atoms with Gasteiger partial charge < -0.3 is 10.4 Å². The third-order valence-corrected chi connectivity index (χ3v) is 5.00. The van der Waals surface area contributed by atoms with Gasteiger partial charge in [0.2, 0.25) is 5.91 Å². The normalized spacial score (nSPS) is 18.0. The quantitative estimate of drug-likeness (QED) is 0.794. The van der Waals surface area contributed by atoms with Crippen LogP contribution in [0.4, 0.5) is 0 Å². The summed E-state index contributed by atoms with van der Waals surface area (Å²) in [4.78, 5) is 11.9. The molecule has 0 bridgehead atoms. The number of carbonyl (C=O) groups excluding carboxylic acids is 1. The molecule has 21 heavy (non-hydrogen) atoms. The van der Waals surface area contributed by atoms with Gasteiger partial charge in [-0.15, -0.1) is 11.8 Å². The Morgan fingerprint density at radius 2 is 1.81 bits per heavy atom. The fraction of sp³-hybridized carbons (Fsp3) is 0.588. The topological polar surface area (TPSA) is 49.3 Å². The van der Waals surface area contributed by atoms with Gasteiger partial charge >= 0.3 is 0 Å². The molecule has 1 amide bonds. The second-order valence-electron chi connectivity index (χ2n) is 5.89. The van der Waals surface area contributed by atoms with Gasteiger partial charge in [-0.05, 0) is 18.4 Å². The lowest BCUT2D eigenvalue weighted by atomic mass is 9.94. The number of amides is 1. The molecule has 2 rings (SSSR count). The zero-order chi connectivity index (χ0) is 15.0. The van der Waals surface area contributed by atoms with E-state index in [1.165, 1.54) is 18.4 Å². The van der Waals surface area contributed by atoms with Crippen molar-refractivity contribution in [2.24, 2.45) is 0 Å². The van der Waals surface area contributed by atoms with E-state index in [2.05, 4.69) is 17.4 Å². The highest BCUT2D eigenvalue weighted by atomic mass is 32.2. The van der Waals surface area contributed by atoms with E-state index in [1.807, 2.05) is 18.2 Å². The Morgan fingerprint density at radius 1 is 1.14 bits per heavy atom. The molecule has 3 nitrogen and oxygen atoms in total. The molecule has 1 aliphatic carbocycles. The number of aliphatic hydroxyl groups is 1. The maximum Gasteiger partial charge on any atom is 0.230 e. The molecule has 0 saturated heterocycles. The molecule has 116 valence electrons. The van der Waals surface area contributed by atoms with Crippen LogP contribution in [0.3, 0.4) is 0 Å². The van der Waals surface area contributed by atoms with Gasteiger partial charge in [-0.1, -0.05) is 56.0 Å². The molecule has 1 aromatic carbocycles. The fourth-order valence-electron chi connectivity index (χ4n) is 2.71. The Labute approximate surface area is 131 Å². The lowest BCUT2D eigenvalue weighted by molar-refractivity contribution is -0.120. The first-order valence-corrected chi connectivity index (χ1v) is 8.94. The van der Waals surface area contributed by atoms with E-state index >= 15 is 0 Å². The Kier molecular flexibility index (Phi) is 6.58. The number of thioether (sulfide) groups is 1. The molecule has 0 radical (unpaired) electrons. The monoisotopic (exact) mass is 307 g/mol. The summed E-state index contributed by atoms with van der Waals surface area (Å²) < 4.78 is 0. The summed E-state index contributed by atoms with van der Waals surface area (Å²) in [6.45, 7) is 0.401. The van der Waals surface area contributed by atoms with Gasteiger partial charge in [-0.2, -0.15) is 0 Å². The highest BCUT2D eigenvalue weighted by molar-refractivity contribution is 7.99. The van der Waals surface area contributed by atoms with Crippen LogP contribution >= 0.6 is 11.8 Å². The molecule has 0 spiro atoms. The highest BCUT2D eigenvalue weighted by Gasteiger charge is 2.28.